The van der Waals surface area contributed by atoms with E-state index < -0.39 is 0 Å². The van der Waals surface area contributed by atoms with Crippen LogP contribution >= 0.6 is 0 Å². The Kier molecular flexibility index (Phi) is 4.75. The van der Waals surface area contributed by atoms with Gasteiger partial charge in [0.25, 0.3) is 5.56 Å². The molecule has 1 heterocycles. The van der Waals surface area contributed by atoms with Crippen molar-refractivity contribution in [3.05, 3.63) is 22.5 Å². The van der Waals surface area contributed by atoms with Crippen LogP contribution in [0.4, 0.5) is 0 Å². The molecule has 1 aliphatic rings. The van der Waals surface area contributed by atoms with Crippen molar-refractivity contribution in [1.29, 1.82) is 0 Å². The maximum atomic E-state index is 11.6. The number of nitrogens with zero attached hydrogens (tertiary/aromatic N) is 2. The summed E-state index contributed by atoms with van der Waals surface area (Å²) in [6.07, 6.45) is 5.40. The first kappa shape index (κ1) is 13.1. The number of rotatable bonds is 6. The van der Waals surface area contributed by atoms with Gasteiger partial charge >= 0.3 is 0 Å². The highest BCUT2D eigenvalue weighted by Gasteiger charge is 2.13. The van der Waals surface area contributed by atoms with E-state index >= 15 is 0 Å². The Morgan fingerprint density at radius 1 is 1.44 bits per heavy atom. The SMILES string of the molecule is COc1ccc(=O)n(CCNCC2CCCC2)n1. The van der Waals surface area contributed by atoms with Crippen molar-refractivity contribution < 1.29 is 4.74 Å². The van der Waals surface area contributed by atoms with Gasteiger partial charge < -0.3 is 10.1 Å². The van der Waals surface area contributed by atoms with E-state index in [4.69, 9.17) is 4.74 Å². The molecular formula is C13H21N3O2. The lowest BCUT2D eigenvalue weighted by atomic mass is 10.1. The molecule has 0 atom stereocenters. The third-order valence-electron chi connectivity index (χ3n) is 3.46. The largest absolute Gasteiger partial charge is 0.480 e. The first-order valence-electron chi connectivity index (χ1n) is 6.62. The van der Waals surface area contributed by atoms with Crippen molar-refractivity contribution >= 4 is 0 Å². The average Bonchev–Trinajstić information content (AvgIpc) is 2.89. The van der Waals surface area contributed by atoms with E-state index in [0.29, 0.717) is 12.4 Å². The second-order valence-corrected chi connectivity index (χ2v) is 4.79. The number of ether oxygens (including phenoxy) is 1. The summed E-state index contributed by atoms with van der Waals surface area (Å²) >= 11 is 0. The van der Waals surface area contributed by atoms with Crippen molar-refractivity contribution in [3.63, 3.8) is 0 Å². The highest BCUT2D eigenvalue weighted by atomic mass is 16.5. The quantitative estimate of drug-likeness (QED) is 0.767. The van der Waals surface area contributed by atoms with Crippen molar-refractivity contribution in [2.24, 2.45) is 5.92 Å². The predicted octanol–water partition coefficient (Wildman–Crippen LogP) is 1.03. The molecule has 1 saturated carbocycles. The van der Waals surface area contributed by atoms with Crippen LogP contribution in [-0.4, -0.2) is 30.0 Å². The summed E-state index contributed by atoms with van der Waals surface area (Å²) in [5.74, 6) is 1.30. The van der Waals surface area contributed by atoms with Crippen molar-refractivity contribution in [3.8, 4) is 5.88 Å². The Labute approximate surface area is 107 Å². The van der Waals surface area contributed by atoms with Crippen LogP contribution in [0, 0.1) is 5.92 Å². The van der Waals surface area contributed by atoms with E-state index in [2.05, 4.69) is 10.4 Å². The molecule has 1 aromatic rings. The minimum Gasteiger partial charge on any atom is -0.480 e. The molecule has 100 valence electrons. The zero-order valence-corrected chi connectivity index (χ0v) is 10.9. The Hall–Kier alpha value is -1.36. The van der Waals surface area contributed by atoms with Gasteiger partial charge in [-0.3, -0.25) is 4.79 Å². The lowest BCUT2D eigenvalue weighted by Crippen LogP contribution is -2.30. The molecule has 5 nitrogen and oxygen atoms in total. The predicted molar refractivity (Wildman–Crippen MR) is 69.9 cm³/mol. The molecule has 0 amide bonds. The number of aromatic nitrogens is 2. The van der Waals surface area contributed by atoms with Gasteiger partial charge in [-0.1, -0.05) is 12.8 Å². The monoisotopic (exact) mass is 251 g/mol. The molecule has 1 aromatic heterocycles. The minimum atomic E-state index is -0.0848. The van der Waals surface area contributed by atoms with Crippen LogP contribution in [0.15, 0.2) is 16.9 Å². The third-order valence-corrected chi connectivity index (χ3v) is 3.46. The highest BCUT2D eigenvalue weighted by molar-refractivity contribution is 5.05. The molecule has 0 aromatic carbocycles. The van der Waals surface area contributed by atoms with Gasteiger partial charge in [-0.25, -0.2) is 4.68 Å². The van der Waals surface area contributed by atoms with Crippen molar-refractivity contribution in [1.82, 2.24) is 15.1 Å². The van der Waals surface area contributed by atoms with Gasteiger partial charge in [-0.05, 0) is 25.3 Å². The Bertz CT molecular complexity index is 424. The number of hydrogen-bond donors (Lipinski definition) is 1. The summed E-state index contributed by atoms with van der Waals surface area (Å²) in [7, 11) is 1.55. The fourth-order valence-electron chi connectivity index (χ4n) is 2.40. The van der Waals surface area contributed by atoms with Crippen molar-refractivity contribution in [2.75, 3.05) is 20.2 Å². The van der Waals surface area contributed by atoms with Gasteiger partial charge in [0.05, 0.1) is 13.7 Å². The fourth-order valence-corrected chi connectivity index (χ4v) is 2.40. The van der Waals surface area contributed by atoms with Crippen LogP contribution in [0.25, 0.3) is 0 Å². The third kappa shape index (κ3) is 3.57. The van der Waals surface area contributed by atoms with Crippen LogP contribution in [0.2, 0.25) is 0 Å². The fraction of sp³-hybridized carbons (Fsp3) is 0.692. The van der Waals surface area contributed by atoms with Gasteiger partial charge in [0, 0.05) is 18.7 Å². The van der Waals surface area contributed by atoms with E-state index in [0.717, 1.165) is 19.0 Å². The van der Waals surface area contributed by atoms with Gasteiger partial charge in [0.2, 0.25) is 5.88 Å². The van der Waals surface area contributed by atoms with E-state index in [1.165, 1.54) is 36.4 Å². The van der Waals surface area contributed by atoms with E-state index in [9.17, 15) is 4.79 Å². The lowest BCUT2D eigenvalue weighted by Gasteiger charge is -2.11. The maximum absolute atomic E-state index is 11.6. The molecule has 1 aliphatic carbocycles. The highest BCUT2D eigenvalue weighted by Crippen LogP contribution is 2.23. The van der Waals surface area contributed by atoms with Gasteiger partial charge in [-0.15, -0.1) is 5.10 Å². The molecule has 18 heavy (non-hydrogen) atoms. The van der Waals surface area contributed by atoms with Crippen LogP contribution in [0.3, 0.4) is 0 Å². The van der Waals surface area contributed by atoms with Crippen molar-refractivity contribution in [2.45, 2.75) is 32.2 Å². The van der Waals surface area contributed by atoms with Crippen LogP contribution in [0.1, 0.15) is 25.7 Å². The van der Waals surface area contributed by atoms with Crippen LogP contribution in [0.5, 0.6) is 5.88 Å². The lowest BCUT2D eigenvalue weighted by molar-refractivity contribution is 0.372. The summed E-state index contributed by atoms with van der Waals surface area (Å²) in [6.45, 7) is 2.41. The zero-order chi connectivity index (χ0) is 12.8. The maximum Gasteiger partial charge on any atom is 0.267 e. The molecule has 0 bridgehead atoms. The smallest absolute Gasteiger partial charge is 0.267 e. The number of hydrogen-bond acceptors (Lipinski definition) is 4. The minimum absolute atomic E-state index is 0.0848. The normalized spacial score (nSPS) is 16.1. The summed E-state index contributed by atoms with van der Waals surface area (Å²) in [4.78, 5) is 11.6. The molecule has 0 saturated heterocycles. The Morgan fingerprint density at radius 2 is 2.22 bits per heavy atom. The topological polar surface area (TPSA) is 56.1 Å². The first-order chi connectivity index (χ1) is 8.79. The molecule has 0 aliphatic heterocycles. The first-order valence-corrected chi connectivity index (χ1v) is 6.62. The molecule has 0 radical (unpaired) electrons. The van der Waals surface area contributed by atoms with Crippen LogP contribution in [-0.2, 0) is 6.54 Å². The van der Waals surface area contributed by atoms with E-state index in [1.54, 1.807) is 13.2 Å². The van der Waals surface area contributed by atoms with Crippen LogP contribution < -0.4 is 15.6 Å². The summed E-state index contributed by atoms with van der Waals surface area (Å²) in [5, 5.41) is 7.50. The van der Waals surface area contributed by atoms with E-state index in [-0.39, 0.29) is 5.56 Å². The molecular weight excluding hydrogens is 230 g/mol. The second-order valence-electron chi connectivity index (χ2n) is 4.79. The summed E-state index contributed by atoms with van der Waals surface area (Å²) in [5.41, 5.74) is -0.0848. The molecule has 0 unspecified atom stereocenters. The molecule has 5 heteroatoms. The van der Waals surface area contributed by atoms with E-state index in [1.807, 2.05) is 0 Å². The summed E-state index contributed by atoms with van der Waals surface area (Å²) in [6, 6.07) is 3.08. The molecule has 2 rings (SSSR count). The average molecular weight is 251 g/mol. The standard InChI is InChI=1S/C13H21N3O2/c1-18-12-6-7-13(17)16(15-12)9-8-14-10-11-4-2-3-5-11/h6-7,11,14H,2-5,8-10H2,1H3. The van der Waals surface area contributed by atoms with Gasteiger partial charge in [0.1, 0.15) is 0 Å². The number of nitrogens with one attached hydrogen (secondary N) is 1. The number of methoxy groups -OCH3 is 1. The molecule has 1 N–H and O–H groups in total. The van der Waals surface area contributed by atoms with Gasteiger partial charge in [0.15, 0.2) is 0 Å². The second kappa shape index (κ2) is 6.54. The van der Waals surface area contributed by atoms with Gasteiger partial charge in [-0.2, -0.15) is 0 Å². The Morgan fingerprint density at radius 3 is 2.94 bits per heavy atom. The molecule has 0 spiro atoms. The Balaban J connectivity index is 1.77. The zero-order valence-electron chi connectivity index (χ0n) is 10.9. The summed E-state index contributed by atoms with van der Waals surface area (Å²) < 4.78 is 6.45. The molecule has 1 fully saturated rings.